The second-order valence-electron chi connectivity index (χ2n) is 2.53. The molecule has 1 aliphatic rings. The van der Waals surface area contributed by atoms with Crippen molar-refractivity contribution in [2.75, 3.05) is 6.54 Å². The van der Waals surface area contributed by atoms with E-state index < -0.39 is 6.04 Å². The lowest BCUT2D eigenvalue weighted by Crippen LogP contribution is -2.48. The van der Waals surface area contributed by atoms with Crippen molar-refractivity contribution in [2.45, 2.75) is 25.0 Å². The number of nitrogens with two attached hydrogens (primary N) is 1. The summed E-state index contributed by atoms with van der Waals surface area (Å²) in [4.78, 5) is 9.93. The monoisotopic (exact) mass is 145 g/mol. The summed E-state index contributed by atoms with van der Waals surface area (Å²) < 4.78 is 0. The summed E-state index contributed by atoms with van der Waals surface area (Å²) in [5.41, 5.74) is 5.46. The smallest absolute Gasteiger partial charge is 0.225 e. The van der Waals surface area contributed by atoms with E-state index in [1.807, 2.05) is 0 Å². The lowest BCUT2D eigenvalue weighted by Gasteiger charge is -2.21. The summed E-state index contributed by atoms with van der Waals surface area (Å²) in [6.45, 7) is 0.411. The van der Waals surface area contributed by atoms with Crippen LogP contribution in [0.5, 0.6) is 0 Å². The third-order valence-electron chi connectivity index (χ3n) is 1.72. The van der Waals surface area contributed by atoms with Crippen LogP contribution >= 0.6 is 0 Å². The molecule has 0 aromatic heterocycles. The molecule has 0 aromatic rings. The minimum absolute atomic E-state index is 0.0452. The van der Waals surface area contributed by atoms with E-state index in [1.165, 1.54) is 0 Å². The average Bonchev–Trinajstić information content (AvgIpc) is 1.88. The molecule has 0 amide bonds. The molecule has 0 aliphatic carbocycles. The Morgan fingerprint density at radius 1 is 1.60 bits per heavy atom. The van der Waals surface area contributed by atoms with Gasteiger partial charge in [-0.3, -0.25) is 15.4 Å². The van der Waals surface area contributed by atoms with E-state index in [9.17, 15) is 10.1 Å². The van der Waals surface area contributed by atoms with Crippen LogP contribution in [0.3, 0.4) is 0 Å². The van der Waals surface area contributed by atoms with Gasteiger partial charge in [0.25, 0.3) is 0 Å². The van der Waals surface area contributed by atoms with Crippen LogP contribution < -0.4 is 11.1 Å². The zero-order valence-electron chi connectivity index (χ0n) is 5.62. The molecule has 1 saturated heterocycles. The van der Waals surface area contributed by atoms with E-state index in [-0.39, 0.29) is 11.1 Å². The first kappa shape index (κ1) is 7.43. The lowest BCUT2D eigenvalue weighted by molar-refractivity contribution is -0.523. The molecule has 10 heavy (non-hydrogen) atoms. The molecule has 2 unspecified atom stereocenters. The van der Waals surface area contributed by atoms with Crippen molar-refractivity contribution in [3.8, 4) is 0 Å². The van der Waals surface area contributed by atoms with Crippen molar-refractivity contribution >= 4 is 0 Å². The fourth-order valence-corrected chi connectivity index (χ4v) is 1.04. The molecule has 2 atom stereocenters. The normalized spacial score (nSPS) is 33.7. The van der Waals surface area contributed by atoms with Gasteiger partial charge in [0.05, 0.1) is 12.7 Å². The Morgan fingerprint density at radius 3 is 2.70 bits per heavy atom. The van der Waals surface area contributed by atoms with E-state index in [0.29, 0.717) is 19.4 Å². The molecule has 0 aromatic carbocycles. The van der Waals surface area contributed by atoms with E-state index in [4.69, 9.17) is 5.73 Å². The number of rotatable bonds is 1. The van der Waals surface area contributed by atoms with Crippen molar-refractivity contribution in [1.82, 2.24) is 5.32 Å². The van der Waals surface area contributed by atoms with Crippen LogP contribution in [0, 0.1) is 10.1 Å². The van der Waals surface area contributed by atoms with Crippen molar-refractivity contribution in [2.24, 2.45) is 5.73 Å². The van der Waals surface area contributed by atoms with Crippen LogP contribution in [0.2, 0.25) is 0 Å². The van der Waals surface area contributed by atoms with E-state index in [2.05, 4.69) is 5.32 Å². The number of piperidine rings is 1. The first-order valence-corrected chi connectivity index (χ1v) is 3.32. The van der Waals surface area contributed by atoms with Crippen LogP contribution in [0.25, 0.3) is 0 Å². The predicted molar refractivity (Wildman–Crippen MR) is 36.0 cm³/mol. The molecule has 0 bridgehead atoms. The highest BCUT2D eigenvalue weighted by Crippen LogP contribution is 2.06. The molecule has 1 heterocycles. The molecule has 58 valence electrons. The third-order valence-corrected chi connectivity index (χ3v) is 1.72. The zero-order chi connectivity index (χ0) is 7.56. The molecular weight excluding hydrogens is 134 g/mol. The summed E-state index contributed by atoms with van der Waals surface area (Å²) in [5.74, 6) is 0. The number of hydrogen-bond donors (Lipinski definition) is 2. The summed E-state index contributed by atoms with van der Waals surface area (Å²) in [5, 5.41) is 13.0. The molecular formula is C5H11N3O2. The Labute approximate surface area is 58.7 Å². The highest BCUT2D eigenvalue weighted by Gasteiger charge is 2.25. The zero-order valence-corrected chi connectivity index (χ0v) is 5.62. The summed E-state index contributed by atoms with van der Waals surface area (Å²) in [6, 6.07) is -0.431. The van der Waals surface area contributed by atoms with Crippen molar-refractivity contribution < 1.29 is 4.92 Å². The second kappa shape index (κ2) is 2.94. The SMILES string of the molecule is NC1CCC([N+](=O)[O-])CN1. The fraction of sp³-hybridized carbons (Fsp3) is 1.00. The fourth-order valence-electron chi connectivity index (χ4n) is 1.04. The van der Waals surface area contributed by atoms with E-state index in [0.717, 1.165) is 0 Å². The second-order valence-corrected chi connectivity index (χ2v) is 2.53. The molecule has 0 radical (unpaired) electrons. The van der Waals surface area contributed by atoms with Crippen LogP contribution in [-0.4, -0.2) is 23.7 Å². The molecule has 5 heteroatoms. The largest absolute Gasteiger partial charge is 0.316 e. The maximum absolute atomic E-state index is 10.2. The Hall–Kier alpha value is -0.680. The van der Waals surface area contributed by atoms with Gasteiger partial charge in [-0.15, -0.1) is 0 Å². The van der Waals surface area contributed by atoms with Crippen LogP contribution in [0.4, 0.5) is 0 Å². The standard InChI is InChI=1S/C5H11N3O2/c6-5-2-1-4(3-7-5)8(9)10/h4-5,7H,1-3,6H2. The molecule has 0 spiro atoms. The van der Waals surface area contributed by atoms with Gasteiger partial charge in [-0.05, 0) is 6.42 Å². The van der Waals surface area contributed by atoms with Crippen LogP contribution in [0.15, 0.2) is 0 Å². The summed E-state index contributed by atoms with van der Waals surface area (Å²) in [6.07, 6.45) is 1.25. The maximum Gasteiger partial charge on any atom is 0.225 e. The minimum atomic E-state index is -0.431. The molecule has 0 saturated carbocycles. The Kier molecular flexibility index (Phi) is 2.18. The first-order chi connectivity index (χ1) is 4.70. The van der Waals surface area contributed by atoms with Crippen LogP contribution in [-0.2, 0) is 0 Å². The van der Waals surface area contributed by atoms with Gasteiger partial charge in [-0.1, -0.05) is 0 Å². The molecule has 5 nitrogen and oxygen atoms in total. The predicted octanol–water partition coefficient (Wildman–Crippen LogP) is -0.700. The Balaban J connectivity index is 2.33. The topological polar surface area (TPSA) is 81.2 Å². The quantitative estimate of drug-likeness (QED) is 0.377. The molecule has 1 fully saturated rings. The van der Waals surface area contributed by atoms with Crippen LogP contribution in [0.1, 0.15) is 12.8 Å². The highest BCUT2D eigenvalue weighted by atomic mass is 16.6. The van der Waals surface area contributed by atoms with Gasteiger partial charge in [0.2, 0.25) is 6.04 Å². The van der Waals surface area contributed by atoms with E-state index >= 15 is 0 Å². The van der Waals surface area contributed by atoms with Crippen molar-refractivity contribution in [3.05, 3.63) is 10.1 Å². The first-order valence-electron chi connectivity index (χ1n) is 3.32. The van der Waals surface area contributed by atoms with Gasteiger partial charge < -0.3 is 5.73 Å². The third kappa shape index (κ3) is 1.65. The van der Waals surface area contributed by atoms with Gasteiger partial charge in [0.1, 0.15) is 0 Å². The summed E-state index contributed by atoms with van der Waals surface area (Å²) in [7, 11) is 0. The molecule has 1 rings (SSSR count). The minimum Gasteiger partial charge on any atom is -0.316 e. The Morgan fingerprint density at radius 2 is 2.30 bits per heavy atom. The molecule has 1 aliphatic heterocycles. The number of nitro groups is 1. The number of nitrogens with one attached hydrogen (secondary N) is 1. The van der Waals surface area contributed by atoms with Crippen molar-refractivity contribution in [1.29, 1.82) is 0 Å². The number of nitrogens with zero attached hydrogens (tertiary/aromatic N) is 1. The molecule has 3 N–H and O–H groups in total. The van der Waals surface area contributed by atoms with Gasteiger partial charge in [0, 0.05) is 11.3 Å². The van der Waals surface area contributed by atoms with Gasteiger partial charge in [0.15, 0.2) is 0 Å². The average molecular weight is 145 g/mol. The number of hydrogen-bond acceptors (Lipinski definition) is 4. The van der Waals surface area contributed by atoms with Crippen molar-refractivity contribution in [3.63, 3.8) is 0 Å². The lowest BCUT2D eigenvalue weighted by atomic mass is 10.1. The summed E-state index contributed by atoms with van der Waals surface area (Å²) >= 11 is 0. The maximum atomic E-state index is 10.2. The van der Waals surface area contributed by atoms with Gasteiger partial charge in [-0.2, -0.15) is 0 Å². The van der Waals surface area contributed by atoms with Gasteiger partial charge in [-0.25, -0.2) is 0 Å². The Bertz CT molecular complexity index is 131. The van der Waals surface area contributed by atoms with Gasteiger partial charge >= 0.3 is 0 Å². The highest BCUT2D eigenvalue weighted by molar-refractivity contribution is 4.72. The van der Waals surface area contributed by atoms with E-state index in [1.54, 1.807) is 0 Å².